The third-order valence-corrected chi connectivity index (χ3v) is 3.93. The molecule has 0 saturated heterocycles. The first-order valence-electron chi connectivity index (χ1n) is 6.37. The summed E-state index contributed by atoms with van der Waals surface area (Å²) in [7, 11) is 0. The highest BCUT2D eigenvalue weighted by Gasteiger charge is 1.98. The molecule has 1 N–H and O–H groups in total. The molecule has 0 radical (unpaired) electrons. The van der Waals surface area contributed by atoms with Crippen LogP contribution in [0.25, 0.3) is 0 Å². The summed E-state index contributed by atoms with van der Waals surface area (Å²) in [6.45, 7) is 2.99. The summed E-state index contributed by atoms with van der Waals surface area (Å²) in [6.07, 6.45) is 0. The predicted molar refractivity (Wildman–Crippen MR) is 82.2 cm³/mol. The zero-order valence-corrected chi connectivity index (χ0v) is 11.8. The number of anilines is 1. The fraction of sp³-hybridized carbons (Fsp3) is 0.250. The van der Waals surface area contributed by atoms with Crippen LogP contribution >= 0.6 is 11.8 Å². The van der Waals surface area contributed by atoms with E-state index in [1.165, 1.54) is 23.3 Å². The van der Waals surface area contributed by atoms with E-state index in [1.807, 2.05) is 17.8 Å². The minimum absolute atomic E-state index is 0.197. The Bertz CT molecular complexity index is 528. The van der Waals surface area contributed by atoms with Crippen LogP contribution in [0, 0.1) is 12.7 Å². The van der Waals surface area contributed by atoms with Gasteiger partial charge in [0.2, 0.25) is 0 Å². The second-order valence-corrected chi connectivity index (χ2v) is 5.52. The summed E-state index contributed by atoms with van der Waals surface area (Å²) in [5, 5.41) is 3.23. The predicted octanol–water partition coefficient (Wildman–Crippen LogP) is 4.48. The number of hydrogen-bond donors (Lipinski definition) is 1. The van der Waals surface area contributed by atoms with Crippen molar-refractivity contribution >= 4 is 17.4 Å². The first-order chi connectivity index (χ1) is 9.25. The lowest BCUT2D eigenvalue weighted by molar-refractivity contribution is 0.628. The molecule has 0 saturated carbocycles. The molecule has 2 aromatic rings. The van der Waals surface area contributed by atoms with Gasteiger partial charge in [-0.2, -0.15) is 11.8 Å². The summed E-state index contributed by atoms with van der Waals surface area (Å²) in [5.74, 6) is 1.83. The number of rotatable bonds is 6. The van der Waals surface area contributed by atoms with E-state index < -0.39 is 0 Å². The highest BCUT2D eigenvalue weighted by atomic mass is 32.2. The number of nitrogens with one attached hydrogen (secondary N) is 1. The van der Waals surface area contributed by atoms with Crippen molar-refractivity contribution in [3.63, 3.8) is 0 Å². The van der Waals surface area contributed by atoms with Crippen molar-refractivity contribution in [2.45, 2.75) is 12.7 Å². The van der Waals surface area contributed by atoms with E-state index in [4.69, 9.17) is 0 Å². The lowest BCUT2D eigenvalue weighted by Crippen LogP contribution is -2.04. The molecule has 0 amide bonds. The van der Waals surface area contributed by atoms with Gasteiger partial charge in [-0.1, -0.05) is 30.3 Å². The fourth-order valence-electron chi connectivity index (χ4n) is 1.82. The number of halogens is 1. The Morgan fingerprint density at radius 1 is 1.11 bits per heavy atom. The number of thioether (sulfide) groups is 1. The van der Waals surface area contributed by atoms with Crippen molar-refractivity contribution in [1.82, 2.24) is 0 Å². The van der Waals surface area contributed by atoms with E-state index in [0.29, 0.717) is 0 Å². The molecular formula is C16H18FNS. The third kappa shape index (κ3) is 4.60. The largest absolute Gasteiger partial charge is 0.384 e. The Labute approximate surface area is 118 Å². The van der Waals surface area contributed by atoms with Gasteiger partial charge in [-0.05, 0) is 36.2 Å². The standard InChI is InChI=1S/C16H18FNS/c1-13-5-2-3-6-14(13)12-19-10-9-18-16-8-4-7-15(17)11-16/h2-8,11,18H,9-10,12H2,1H3. The minimum atomic E-state index is -0.197. The van der Waals surface area contributed by atoms with Gasteiger partial charge in [-0.25, -0.2) is 4.39 Å². The molecule has 0 aromatic heterocycles. The van der Waals surface area contributed by atoms with Crippen molar-refractivity contribution in [1.29, 1.82) is 0 Å². The Morgan fingerprint density at radius 3 is 2.74 bits per heavy atom. The van der Waals surface area contributed by atoms with Gasteiger partial charge in [0, 0.05) is 23.7 Å². The van der Waals surface area contributed by atoms with Crippen LogP contribution in [0.3, 0.4) is 0 Å². The quantitative estimate of drug-likeness (QED) is 0.780. The maximum absolute atomic E-state index is 13.0. The Hall–Kier alpha value is -1.48. The first kappa shape index (κ1) is 13.9. The van der Waals surface area contributed by atoms with Crippen LogP contribution in [0.15, 0.2) is 48.5 Å². The molecule has 2 aromatic carbocycles. The van der Waals surface area contributed by atoms with E-state index >= 15 is 0 Å². The summed E-state index contributed by atoms with van der Waals surface area (Å²) >= 11 is 1.89. The van der Waals surface area contributed by atoms with Crippen molar-refractivity contribution in [3.8, 4) is 0 Å². The van der Waals surface area contributed by atoms with Gasteiger partial charge in [0.1, 0.15) is 5.82 Å². The highest BCUT2D eigenvalue weighted by molar-refractivity contribution is 7.98. The van der Waals surface area contributed by atoms with Crippen LogP contribution in [0.1, 0.15) is 11.1 Å². The molecule has 19 heavy (non-hydrogen) atoms. The molecule has 0 aliphatic carbocycles. The monoisotopic (exact) mass is 275 g/mol. The Balaban J connectivity index is 1.69. The number of benzene rings is 2. The van der Waals surface area contributed by atoms with Gasteiger partial charge < -0.3 is 5.32 Å². The average Bonchev–Trinajstić information content (AvgIpc) is 2.40. The van der Waals surface area contributed by atoms with E-state index in [9.17, 15) is 4.39 Å². The lowest BCUT2D eigenvalue weighted by atomic mass is 10.1. The van der Waals surface area contributed by atoms with Crippen LogP contribution in [0.5, 0.6) is 0 Å². The molecule has 0 aliphatic rings. The average molecular weight is 275 g/mol. The Kier molecular flexibility index (Phi) is 5.28. The summed E-state index contributed by atoms with van der Waals surface area (Å²) in [4.78, 5) is 0. The lowest BCUT2D eigenvalue weighted by Gasteiger charge is -2.07. The van der Waals surface area contributed by atoms with E-state index in [-0.39, 0.29) is 5.82 Å². The van der Waals surface area contributed by atoms with Gasteiger partial charge in [0.25, 0.3) is 0 Å². The molecule has 0 fully saturated rings. The second-order valence-electron chi connectivity index (χ2n) is 4.42. The zero-order valence-electron chi connectivity index (χ0n) is 11.0. The third-order valence-electron chi connectivity index (χ3n) is 2.92. The molecule has 100 valence electrons. The van der Waals surface area contributed by atoms with Crippen LogP contribution in [0.2, 0.25) is 0 Å². The van der Waals surface area contributed by atoms with Crippen molar-refractivity contribution in [2.24, 2.45) is 0 Å². The first-order valence-corrected chi connectivity index (χ1v) is 7.53. The highest BCUT2D eigenvalue weighted by Crippen LogP contribution is 2.16. The summed E-state index contributed by atoms with van der Waals surface area (Å²) < 4.78 is 13.0. The molecule has 0 spiro atoms. The van der Waals surface area contributed by atoms with Crippen LogP contribution in [-0.2, 0) is 5.75 Å². The molecule has 0 bridgehead atoms. The van der Waals surface area contributed by atoms with Gasteiger partial charge in [0.05, 0.1) is 0 Å². The molecule has 3 heteroatoms. The molecule has 1 nitrogen and oxygen atoms in total. The molecule has 2 rings (SSSR count). The molecule has 0 heterocycles. The van der Waals surface area contributed by atoms with Gasteiger partial charge >= 0.3 is 0 Å². The Morgan fingerprint density at radius 2 is 1.95 bits per heavy atom. The van der Waals surface area contributed by atoms with E-state index in [2.05, 4.69) is 36.5 Å². The zero-order chi connectivity index (χ0) is 13.5. The minimum Gasteiger partial charge on any atom is -0.384 e. The van der Waals surface area contributed by atoms with Gasteiger partial charge in [-0.15, -0.1) is 0 Å². The maximum Gasteiger partial charge on any atom is 0.125 e. The van der Waals surface area contributed by atoms with Gasteiger partial charge in [0.15, 0.2) is 0 Å². The van der Waals surface area contributed by atoms with E-state index in [1.54, 1.807) is 6.07 Å². The molecule has 0 atom stereocenters. The smallest absolute Gasteiger partial charge is 0.125 e. The van der Waals surface area contributed by atoms with E-state index in [0.717, 1.165) is 23.7 Å². The van der Waals surface area contributed by atoms with Crippen LogP contribution in [0.4, 0.5) is 10.1 Å². The van der Waals surface area contributed by atoms with Crippen molar-refractivity contribution < 1.29 is 4.39 Å². The molecule has 0 aliphatic heterocycles. The SMILES string of the molecule is Cc1ccccc1CSCCNc1cccc(F)c1. The molecular weight excluding hydrogens is 257 g/mol. The number of aryl methyl sites for hydroxylation is 1. The second kappa shape index (κ2) is 7.19. The fourth-order valence-corrected chi connectivity index (χ4v) is 2.75. The van der Waals surface area contributed by atoms with Crippen molar-refractivity contribution in [2.75, 3.05) is 17.6 Å². The van der Waals surface area contributed by atoms with Crippen molar-refractivity contribution in [3.05, 3.63) is 65.5 Å². The maximum atomic E-state index is 13.0. The summed E-state index contributed by atoms with van der Waals surface area (Å²) in [6, 6.07) is 15.0. The normalized spacial score (nSPS) is 10.4. The number of hydrogen-bond acceptors (Lipinski definition) is 2. The summed E-state index contributed by atoms with van der Waals surface area (Å²) in [5.41, 5.74) is 3.57. The molecule has 0 unspecified atom stereocenters. The topological polar surface area (TPSA) is 12.0 Å². The van der Waals surface area contributed by atoms with Crippen LogP contribution < -0.4 is 5.32 Å². The van der Waals surface area contributed by atoms with Crippen LogP contribution in [-0.4, -0.2) is 12.3 Å². The van der Waals surface area contributed by atoms with Gasteiger partial charge in [-0.3, -0.25) is 0 Å².